The van der Waals surface area contributed by atoms with Crippen molar-refractivity contribution < 1.29 is 9.90 Å². The minimum Gasteiger partial charge on any atom is -0.477 e. The maximum absolute atomic E-state index is 11.0. The molecule has 1 aromatic rings. The number of pyridine rings is 1. The molecule has 2 heterocycles. The molecule has 3 rings (SSSR count). The lowest BCUT2D eigenvalue weighted by Gasteiger charge is -2.10. The summed E-state index contributed by atoms with van der Waals surface area (Å²) in [6.45, 7) is 3.95. The molecule has 0 amide bonds. The van der Waals surface area contributed by atoms with Gasteiger partial charge in [-0.2, -0.15) is 0 Å². The summed E-state index contributed by atoms with van der Waals surface area (Å²) in [6.07, 6.45) is 1.18. The molecule has 0 bridgehead atoms. The van der Waals surface area contributed by atoms with Gasteiger partial charge in [0, 0.05) is 29.8 Å². The zero-order valence-corrected chi connectivity index (χ0v) is 11.1. The molecule has 0 radical (unpaired) electrons. The number of piperidine rings is 1. The number of nitrogens with zero attached hydrogens (tertiary/aromatic N) is 2. The molecule has 0 spiro atoms. The molecule has 2 atom stereocenters. The fraction of sp³-hybridized carbons (Fsp3) is 0.467. The molecule has 1 saturated heterocycles. The molecule has 1 saturated carbocycles. The van der Waals surface area contributed by atoms with Crippen molar-refractivity contribution in [3.05, 3.63) is 29.1 Å². The van der Waals surface area contributed by atoms with Crippen molar-refractivity contribution in [2.45, 2.75) is 13.3 Å². The van der Waals surface area contributed by atoms with Crippen LogP contribution in [0, 0.1) is 30.1 Å². The number of likely N-dealkylation sites (tertiary alicyclic amines) is 1. The van der Waals surface area contributed by atoms with Crippen molar-refractivity contribution >= 4 is 5.97 Å². The highest BCUT2D eigenvalue weighted by atomic mass is 16.4. The first kappa shape index (κ1) is 12.2. The molecule has 98 valence electrons. The number of aromatic carboxylic acids is 1. The Labute approximate surface area is 112 Å². The zero-order valence-electron chi connectivity index (χ0n) is 11.1. The molecule has 0 unspecified atom stereocenters. The van der Waals surface area contributed by atoms with E-state index >= 15 is 0 Å². The van der Waals surface area contributed by atoms with E-state index in [1.807, 2.05) is 6.07 Å². The van der Waals surface area contributed by atoms with Gasteiger partial charge in [-0.25, -0.2) is 9.78 Å². The van der Waals surface area contributed by atoms with Gasteiger partial charge in [-0.15, -0.1) is 0 Å². The van der Waals surface area contributed by atoms with Gasteiger partial charge in [-0.3, -0.25) is 0 Å². The first-order valence-electron chi connectivity index (χ1n) is 6.42. The minimum atomic E-state index is -1.00. The van der Waals surface area contributed by atoms with E-state index in [1.165, 1.54) is 6.42 Å². The highest BCUT2D eigenvalue weighted by Crippen LogP contribution is 2.56. The van der Waals surface area contributed by atoms with Crippen LogP contribution in [0.1, 0.15) is 28.2 Å². The number of rotatable bonds is 1. The van der Waals surface area contributed by atoms with Crippen molar-refractivity contribution in [1.29, 1.82) is 0 Å². The second-order valence-electron chi connectivity index (χ2n) is 5.69. The summed E-state index contributed by atoms with van der Waals surface area (Å²) in [6, 6.07) is 3.39. The van der Waals surface area contributed by atoms with Gasteiger partial charge >= 0.3 is 5.97 Å². The van der Waals surface area contributed by atoms with E-state index in [-0.39, 0.29) is 11.1 Å². The molecule has 1 aromatic heterocycles. The highest BCUT2D eigenvalue weighted by molar-refractivity contribution is 5.85. The summed E-state index contributed by atoms with van der Waals surface area (Å²) in [5, 5.41) is 8.99. The van der Waals surface area contributed by atoms with Crippen LogP contribution in [0.3, 0.4) is 0 Å². The molecule has 1 aliphatic heterocycles. The van der Waals surface area contributed by atoms with Gasteiger partial charge in [0.1, 0.15) is 5.69 Å². The Hall–Kier alpha value is -1.86. The predicted molar refractivity (Wildman–Crippen MR) is 70.8 cm³/mol. The van der Waals surface area contributed by atoms with Crippen LogP contribution in [0.5, 0.6) is 0 Å². The van der Waals surface area contributed by atoms with Gasteiger partial charge in [0.2, 0.25) is 0 Å². The molecule has 1 aliphatic carbocycles. The standard InChI is InChI=1S/C15H16N2O2/c1-10-5-11(6-13(16-10)14(18)19)3-4-15-7-12(15)8-17(2)9-15/h5-6,12H,7-9H2,1-2H3,(H,18,19)/t12-,15+/m0/s1. The van der Waals surface area contributed by atoms with E-state index in [4.69, 9.17) is 5.11 Å². The number of hydrogen-bond acceptors (Lipinski definition) is 3. The molecular weight excluding hydrogens is 240 g/mol. The van der Waals surface area contributed by atoms with Crippen LogP contribution in [-0.4, -0.2) is 41.1 Å². The predicted octanol–water partition coefficient (Wildman–Crippen LogP) is 1.39. The van der Waals surface area contributed by atoms with E-state index < -0.39 is 5.97 Å². The fourth-order valence-corrected chi connectivity index (χ4v) is 2.98. The second kappa shape index (κ2) is 4.07. The minimum absolute atomic E-state index is 0.0673. The number of aryl methyl sites for hydroxylation is 1. The summed E-state index contributed by atoms with van der Waals surface area (Å²) >= 11 is 0. The summed E-state index contributed by atoms with van der Waals surface area (Å²) in [4.78, 5) is 17.2. The van der Waals surface area contributed by atoms with Gasteiger partial charge in [0.15, 0.2) is 0 Å². The summed E-state index contributed by atoms with van der Waals surface area (Å²) in [5.74, 6) is 6.20. The lowest BCUT2D eigenvalue weighted by atomic mass is 10.1. The smallest absolute Gasteiger partial charge is 0.354 e. The number of carbonyl (C=O) groups is 1. The SMILES string of the molecule is Cc1cc(C#C[C@]23C[C@H]2CN(C)C3)cc(C(=O)O)n1. The van der Waals surface area contributed by atoms with Crippen molar-refractivity contribution in [2.75, 3.05) is 20.1 Å². The Kier molecular flexibility index (Phi) is 2.61. The largest absolute Gasteiger partial charge is 0.477 e. The first-order chi connectivity index (χ1) is 8.98. The van der Waals surface area contributed by atoms with Crippen molar-refractivity contribution in [3.63, 3.8) is 0 Å². The third-order valence-electron chi connectivity index (χ3n) is 3.94. The Balaban J connectivity index is 1.87. The number of carboxylic acid groups (broad SMARTS) is 1. The second-order valence-corrected chi connectivity index (χ2v) is 5.69. The van der Waals surface area contributed by atoms with Crippen LogP contribution >= 0.6 is 0 Å². The van der Waals surface area contributed by atoms with Gasteiger partial charge in [0.25, 0.3) is 0 Å². The first-order valence-corrected chi connectivity index (χ1v) is 6.42. The number of fused-ring (bicyclic) bond motifs is 1. The highest BCUT2D eigenvalue weighted by Gasteiger charge is 2.58. The topological polar surface area (TPSA) is 53.4 Å². The van der Waals surface area contributed by atoms with Crippen LogP contribution in [0.4, 0.5) is 0 Å². The molecule has 4 heteroatoms. The Morgan fingerprint density at radius 3 is 3.00 bits per heavy atom. The molecule has 19 heavy (non-hydrogen) atoms. The maximum Gasteiger partial charge on any atom is 0.354 e. The van der Waals surface area contributed by atoms with Crippen LogP contribution in [0.25, 0.3) is 0 Å². The molecular formula is C15H16N2O2. The van der Waals surface area contributed by atoms with Gasteiger partial charge < -0.3 is 10.0 Å². The number of hydrogen-bond donors (Lipinski definition) is 1. The Morgan fingerprint density at radius 2 is 2.37 bits per heavy atom. The summed E-state index contributed by atoms with van der Waals surface area (Å²) in [5.41, 5.74) is 1.67. The van der Waals surface area contributed by atoms with Gasteiger partial charge in [-0.1, -0.05) is 11.8 Å². The van der Waals surface area contributed by atoms with Crippen molar-refractivity contribution in [2.24, 2.45) is 11.3 Å². The van der Waals surface area contributed by atoms with E-state index in [1.54, 1.807) is 13.0 Å². The zero-order chi connectivity index (χ0) is 13.6. The van der Waals surface area contributed by atoms with Gasteiger partial charge in [-0.05, 0) is 38.4 Å². The van der Waals surface area contributed by atoms with E-state index in [0.29, 0.717) is 11.6 Å². The molecule has 0 aromatic carbocycles. The van der Waals surface area contributed by atoms with E-state index in [0.717, 1.165) is 18.7 Å². The average Bonchev–Trinajstić information content (AvgIpc) is 2.89. The summed E-state index contributed by atoms with van der Waals surface area (Å²) in [7, 11) is 2.12. The fourth-order valence-electron chi connectivity index (χ4n) is 2.98. The van der Waals surface area contributed by atoms with Crippen LogP contribution in [-0.2, 0) is 0 Å². The Morgan fingerprint density at radius 1 is 1.58 bits per heavy atom. The number of carboxylic acids is 1. The Bertz CT molecular complexity index is 614. The van der Waals surface area contributed by atoms with E-state index in [9.17, 15) is 4.79 Å². The quantitative estimate of drug-likeness (QED) is 0.771. The molecule has 4 nitrogen and oxygen atoms in total. The van der Waals surface area contributed by atoms with Crippen LogP contribution in [0.15, 0.2) is 12.1 Å². The molecule has 2 aliphatic rings. The van der Waals surface area contributed by atoms with Gasteiger partial charge in [0.05, 0.1) is 0 Å². The van der Waals surface area contributed by atoms with Crippen LogP contribution in [0.2, 0.25) is 0 Å². The van der Waals surface area contributed by atoms with E-state index in [2.05, 4.69) is 28.8 Å². The van der Waals surface area contributed by atoms with Crippen molar-refractivity contribution in [3.8, 4) is 11.8 Å². The van der Waals surface area contributed by atoms with Crippen LogP contribution < -0.4 is 0 Å². The third kappa shape index (κ3) is 2.22. The molecule has 1 N–H and O–H groups in total. The monoisotopic (exact) mass is 256 g/mol. The maximum atomic E-state index is 11.0. The normalized spacial score (nSPS) is 28.4. The lowest BCUT2D eigenvalue weighted by molar-refractivity contribution is 0.0690. The number of aromatic nitrogens is 1. The lowest BCUT2D eigenvalue weighted by Crippen LogP contribution is -2.19. The molecule has 2 fully saturated rings. The summed E-state index contributed by atoms with van der Waals surface area (Å²) < 4.78 is 0. The average molecular weight is 256 g/mol. The van der Waals surface area contributed by atoms with Crippen molar-refractivity contribution in [1.82, 2.24) is 9.88 Å². The third-order valence-corrected chi connectivity index (χ3v) is 3.94.